The van der Waals surface area contributed by atoms with Crippen LogP contribution < -0.4 is 0 Å². The van der Waals surface area contributed by atoms with Crippen LogP contribution in [0.15, 0.2) is 29.2 Å². The van der Waals surface area contributed by atoms with Crippen molar-refractivity contribution >= 4 is 16.6 Å². The number of hydrogen-bond donors (Lipinski definition) is 0. The summed E-state index contributed by atoms with van der Waals surface area (Å²) in [5, 5.41) is 0. The van der Waals surface area contributed by atoms with E-state index in [4.69, 9.17) is 0 Å². The van der Waals surface area contributed by atoms with Crippen LogP contribution in [0.2, 0.25) is 0 Å². The highest BCUT2D eigenvalue weighted by atomic mass is 32.2. The van der Waals surface area contributed by atoms with Gasteiger partial charge in [-0.25, -0.2) is 0 Å². The molecule has 0 aliphatic carbocycles. The lowest BCUT2D eigenvalue weighted by atomic mass is 10.0. The van der Waals surface area contributed by atoms with Gasteiger partial charge in [0.05, 0.1) is 0 Å². The van der Waals surface area contributed by atoms with E-state index in [9.17, 15) is 9.00 Å². The van der Waals surface area contributed by atoms with Gasteiger partial charge in [0.2, 0.25) is 0 Å². The normalized spacial score (nSPS) is 12.9. The van der Waals surface area contributed by atoms with Gasteiger partial charge in [-0.2, -0.15) is 0 Å². The topological polar surface area (TPSA) is 34.1 Å². The zero-order valence-electron chi connectivity index (χ0n) is 8.61. The third-order valence-corrected chi connectivity index (χ3v) is 2.93. The van der Waals surface area contributed by atoms with Crippen LogP contribution >= 0.6 is 0 Å². The Morgan fingerprint density at radius 2 is 1.71 bits per heavy atom. The molecule has 3 heteroatoms. The standard InChI is InChI=1S/C11H14O2S/c1-8(2)11(12)9-4-6-10(7-5-9)14(3)13/h4-8H,1-3H3. The number of carbonyl (C=O) groups is 1. The highest BCUT2D eigenvalue weighted by Crippen LogP contribution is 2.11. The fraction of sp³-hybridized carbons (Fsp3) is 0.364. The molecule has 0 heterocycles. The summed E-state index contributed by atoms with van der Waals surface area (Å²) in [5.74, 6) is 0.131. The maximum atomic E-state index is 11.5. The van der Waals surface area contributed by atoms with E-state index >= 15 is 0 Å². The van der Waals surface area contributed by atoms with Gasteiger partial charge in [0.15, 0.2) is 5.78 Å². The molecular weight excluding hydrogens is 196 g/mol. The molecule has 0 spiro atoms. The monoisotopic (exact) mass is 210 g/mol. The van der Waals surface area contributed by atoms with Gasteiger partial charge in [-0.15, -0.1) is 0 Å². The van der Waals surface area contributed by atoms with E-state index in [2.05, 4.69) is 0 Å². The molecule has 76 valence electrons. The second-order valence-corrected chi connectivity index (χ2v) is 4.88. The van der Waals surface area contributed by atoms with Crippen molar-refractivity contribution in [1.82, 2.24) is 0 Å². The summed E-state index contributed by atoms with van der Waals surface area (Å²) >= 11 is 0. The highest BCUT2D eigenvalue weighted by molar-refractivity contribution is 7.84. The Morgan fingerprint density at radius 3 is 2.07 bits per heavy atom. The fourth-order valence-electron chi connectivity index (χ4n) is 1.14. The van der Waals surface area contributed by atoms with Crippen LogP contribution in [0.4, 0.5) is 0 Å². The Morgan fingerprint density at radius 1 is 1.21 bits per heavy atom. The molecule has 0 fully saturated rings. The van der Waals surface area contributed by atoms with Gasteiger partial charge in [-0.05, 0) is 12.1 Å². The number of carbonyl (C=O) groups excluding carboxylic acids is 1. The lowest BCUT2D eigenvalue weighted by Gasteiger charge is -2.04. The van der Waals surface area contributed by atoms with Crippen LogP contribution in [0, 0.1) is 5.92 Å². The van der Waals surface area contributed by atoms with Crippen LogP contribution in [0.5, 0.6) is 0 Å². The first-order chi connectivity index (χ1) is 6.52. The lowest BCUT2D eigenvalue weighted by molar-refractivity contribution is 0.0939. The SMILES string of the molecule is CC(C)C(=O)c1ccc(S(C)=O)cc1. The van der Waals surface area contributed by atoms with E-state index in [0.29, 0.717) is 5.56 Å². The summed E-state index contributed by atoms with van der Waals surface area (Å²) in [6, 6.07) is 6.95. The molecule has 1 atom stereocenters. The molecule has 0 aromatic heterocycles. The van der Waals surface area contributed by atoms with Crippen molar-refractivity contribution in [3.8, 4) is 0 Å². The Balaban J connectivity index is 2.94. The summed E-state index contributed by atoms with van der Waals surface area (Å²) in [5.41, 5.74) is 0.689. The third-order valence-electron chi connectivity index (χ3n) is 2.00. The molecule has 0 radical (unpaired) electrons. The number of Topliss-reactive ketones (excluding diaryl/α,β-unsaturated/α-hetero) is 1. The van der Waals surface area contributed by atoms with E-state index in [1.165, 1.54) is 0 Å². The smallest absolute Gasteiger partial charge is 0.165 e. The molecule has 1 rings (SSSR count). The number of benzene rings is 1. The molecule has 0 aliphatic rings. The van der Waals surface area contributed by atoms with E-state index in [1.807, 2.05) is 13.8 Å². The van der Waals surface area contributed by atoms with Crippen LogP contribution in [0.1, 0.15) is 24.2 Å². The van der Waals surface area contributed by atoms with E-state index in [-0.39, 0.29) is 11.7 Å². The molecule has 0 saturated heterocycles. The van der Waals surface area contributed by atoms with Crippen LogP contribution in [-0.2, 0) is 10.8 Å². The zero-order chi connectivity index (χ0) is 10.7. The first-order valence-electron chi connectivity index (χ1n) is 4.50. The van der Waals surface area contributed by atoms with Gasteiger partial charge >= 0.3 is 0 Å². The summed E-state index contributed by atoms with van der Waals surface area (Å²) in [6.45, 7) is 3.74. The first kappa shape index (κ1) is 11.1. The van der Waals surface area contributed by atoms with Crippen molar-refractivity contribution in [2.45, 2.75) is 18.7 Å². The minimum Gasteiger partial charge on any atom is -0.294 e. The van der Waals surface area contributed by atoms with Crippen LogP contribution in [-0.4, -0.2) is 16.2 Å². The molecule has 1 unspecified atom stereocenters. The van der Waals surface area contributed by atoms with Crippen molar-refractivity contribution in [1.29, 1.82) is 0 Å². The van der Waals surface area contributed by atoms with E-state index in [1.54, 1.807) is 30.5 Å². The molecule has 0 bridgehead atoms. The minimum atomic E-state index is -0.972. The molecule has 0 amide bonds. The molecule has 0 N–H and O–H groups in total. The minimum absolute atomic E-state index is 0.00738. The predicted molar refractivity (Wildman–Crippen MR) is 57.9 cm³/mol. The van der Waals surface area contributed by atoms with Crippen molar-refractivity contribution in [3.05, 3.63) is 29.8 Å². The van der Waals surface area contributed by atoms with Gasteiger partial charge in [0, 0.05) is 33.4 Å². The molecule has 1 aromatic carbocycles. The molecule has 14 heavy (non-hydrogen) atoms. The average molecular weight is 210 g/mol. The molecule has 0 saturated carbocycles. The molecule has 2 nitrogen and oxygen atoms in total. The third kappa shape index (κ3) is 2.51. The maximum Gasteiger partial charge on any atom is 0.165 e. The Bertz CT molecular complexity index is 352. The van der Waals surface area contributed by atoms with Gasteiger partial charge in [-0.3, -0.25) is 9.00 Å². The average Bonchev–Trinajstić information content (AvgIpc) is 2.16. The first-order valence-corrected chi connectivity index (χ1v) is 6.06. The highest BCUT2D eigenvalue weighted by Gasteiger charge is 2.09. The van der Waals surface area contributed by atoms with Crippen molar-refractivity contribution in [2.75, 3.05) is 6.26 Å². The van der Waals surface area contributed by atoms with Crippen molar-refractivity contribution in [2.24, 2.45) is 5.92 Å². The molecule has 1 aromatic rings. The second kappa shape index (κ2) is 4.51. The maximum absolute atomic E-state index is 11.5. The molecular formula is C11H14O2S. The quantitative estimate of drug-likeness (QED) is 0.717. The predicted octanol–water partition coefficient (Wildman–Crippen LogP) is 2.26. The van der Waals surface area contributed by atoms with Crippen LogP contribution in [0.25, 0.3) is 0 Å². The second-order valence-electron chi connectivity index (χ2n) is 3.50. The molecule has 0 aliphatic heterocycles. The Hall–Kier alpha value is -0.960. The van der Waals surface area contributed by atoms with Crippen molar-refractivity contribution in [3.63, 3.8) is 0 Å². The van der Waals surface area contributed by atoms with E-state index in [0.717, 1.165) is 4.90 Å². The Kier molecular flexibility index (Phi) is 3.58. The number of hydrogen-bond acceptors (Lipinski definition) is 2. The largest absolute Gasteiger partial charge is 0.294 e. The van der Waals surface area contributed by atoms with E-state index < -0.39 is 10.8 Å². The summed E-state index contributed by atoms with van der Waals surface area (Å²) < 4.78 is 11.1. The van der Waals surface area contributed by atoms with Gasteiger partial charge in [0.1, 0.15) is 0 Å². The number of ketones is 1. The van der Waals surface area contributed by atoms with Crippen LogP contribution in [0.3, 0.4) is 0 Å². The van der Waals surface area contributed by atoms with Crippen molar-refractivity contribution < 1.29 is 9.00 Å². The Labute approximate surface area is 86.8 Å². The summed E-state index contributed by atoms with van der Waals surface area (Å²) in [4.78, 5) is 12.3. The van der Waals surface area contributed by atoms with Gasteiger partial charge < -0.3 is 0 Å². The van der Waals surface area contributed by atoms with Gasteiger partial charge in [-0.1, -0.05) is 26.0 Å². The zero-order valence-corrected chi connectivity index (χ0v) is 9.43. The fourth-order valence-corrected chi connectivity index (χ4v) is 1.66. The number of rotatable bonds is 3. The lowest BCUT2D eigenvalue weighted by Crippen LogP contribution is -2.07. The summed E-state index contributed by atoms with van der Waals surface area (Å²) in [7, 11) is -0.972. The van der Waals surface area contributed by atoms with Gasteiger partial charge in [0.25, 0.3) is 0 Å². The summed E-state index contributed by atoms with van der Waals surface area (Å²) in [6.07, 6.45) is 1.62.